The maximum absolute atomic E-state index is 13.3. The van der Waals surface area contributed by atoms with Gasteiger partial charge in [0.15, 0.2) is 12.2 Å². The zero-order chi connectivity index (χ0) is 22.4. The third kappa shape index (κ3) is 5.71. The first-order valence-corrected chi connectivity index (χ1v) is 10.8. The average molecular weight is 432 g/mol. The molecule has 168 valence electrons. The van der Waals surface area contributed by atoms with E-state index in [1.165, 1.54) is 17.0 Å². The Kier molecular flexibility index (Phi) is 7.82. The molecule has 2 fully saturated rings. The second-order valence-electron chi connectivity index (χ2n) is 8.22. The van der Waals surface area contributed by atoms with E-state index in [0.29, 0.717) is 44.0 Å². The Morgan fingerprint density at radius 1 is 1.13 bits per heavy atom. The fourth-order valence-electron chi connectivity index (χ4n) is 4.18. The minimum Gasteiger partial charge on any atom is -0.380 e. The summed E-state index contributed by atoms with van der Waals surface area (Å²) in [5.41, 5.74) is 0.989. The lowest BCUT2D eigenvalue weighted by Crippen LogP contribution is -2.52. The van der Waals surface area contributed by atoms with Gasteiger partial charge in [-0.25, -0.2) is 4.39 Å². The number of carbonyl (C=O) groups is 2. The van der Waals surface area contributed by atoms with Gasteiger partial charge in [0.2, 0.25) is 0 Å². The highest BCUT2D eigenvalue weighted by atomic mass is 19.1. The van der Waals surface area contributed by atoms with Gasteiger partial charge in [-0.05, 0) is 56.2 Å². The highest BCUT2D eigenvalue weighted by molar-refractivity contribution is 5.90. The standard InChI is InChI=1S/C22H29FN4O4/c23-17-4-5-18(16(12-17)13-24)26-10-6-15(7-11-26)14-25-21(30)19(28)20(29)22(31)27-8-2-1-3-9-27/h4-5,12,15,19-20,28-29H,1-3,6-11,14H2,(H,25,30)/t19-,20-/m1/s1. The molecule has 0 aromatic heterocycles. The van der Waals surface area contributed by atoms with E-state index >= 15 is 0 Å². The number of aliphatic hydroxyl groups is 2. The van der Waals surface area contributed by atoms with Crippen LogP contribution >= 0.6 is 0 Å². The first-order valence-electron chi connectivity index (χ1n) is 10.8. The second-order valence-corrected chi connectivity index (χ2v) is 8.22. The van der Waals surface area contributed by atoms with Gasteiger partial charge in [-0.2, -0.15) is 5.26 Å². The molecule has 9 heteroatoms. The monoisotopic (exact) mass is 432 g/mol. The van der Waals surface area contributed by atoms with Crippen molar-refractivity contribution >= 4 is 17.5 Å². The number of amides is 2. The number of anilines is 1. The summed E-state index contributed by atoms with van der Waals surface area (Å²) in [6, 6.07) is 6.18. The third-order valence-electron chi connectivity index (χ3n) is 6.09. The predicted octanol–water partition coefficient (Wildman–Crippen LogP) is 0.764. The minimum atomic E-state index is -1.80. The molecule has 0 unspecified atom stereocenters. The average Bonchev–Trinajstić information content (AvgIpc) is 2.81. The molecule has 3 rings (SSSR count). The topological polar surface area (TPSA) is 117 Å². The van der Waals surface area contributed by atoms with Crippen LogP contribution in [0, 0.1) is 23.1 Å². The molecule has 8 nitrogen and oxygen atoms in total. The smallest absolute Gasteiger partial charge is 0.254 e. The summed E-state index contributed by atoms with van der Waals surface area (Å²) in [7, 11) is 0. The first kappa shape index (κ1) is 23.0. The van der Waals surface area contributed by atoms with Gasteiger partial charge in [0, 0.05) is 32.7 Å². The Morgan fingerprint density at radius 3 is 2.45 bits per heavy atom. The Balaban J connectivity index is 1.45. The predicted molar refractivity (Wildman–Crippen MR) is 112 cm³/mol. The van der Waals surface area contributed by atoms with Crippen molar-refractivity contribution < 1.29 is 24.2 Å². The van der Waals surface area contributed by atoms with E-state index in [2.05, 4.69) is 5.32 Å². The van der Waals surface area contributed by atoms with E-state index in [-0.39, 0.29) is 5.92 Å². The minimum absolute atomic E-state index is 0.160. The molecule has 0 saturated carbocycles. The van der Waals surface area contributed by atoms with Crippen molar-refractivity contribution in [3.05, 3.63) is 29.6 Å². The van der Waals surface area contributed by atoms with Crippen LogP contribution in [0.25, 0.3) is 0 Å². The maximum Gasteiger partial charge on any atom is 0.254 e. The van der Waals surface area contributed by atoms with Crippen molar-refractivity contribution in [2.45, 2.75) is 44.3 Å². The lowest BCUT2D eigenvalue weighted by atomic mass is 9.95. The number of nitrogens with one attached hydrogen (secondary N) is 1. The van der Waals surface area contributed by atoms with Gasteiger partial charge in [-0.3, -0.25) is 9.59 Å². The number of aliphatic hydroxyl groups excluding tert-OH is 2. The van der Waals surface area contributed by atoms with Crippen LogP contribution in [-0.4, -0.2) is 71.9 Å². The van der Waals surface area contributed by atoms with Crippen LogP contribution in [0.5, 0.6) is 0 Å². The van der Waals surface area contributed by atoms with Gasteiger partial charge in [-0.1, -0.05) is 0 Å². The van der Waals surface area contributed by atoms with E-state index < -0.39 is 29.8 Å². The number of benzene rings is 1. The van der Waals surface area contributed by atoms with Gasteiger partial charge in [0.05, 0.1) is 11.3 Å². The number of nitriles is 1. The van der Waals surface area contributed by atoms with Crippen LogP contribution in [-0.2, 0) is 9.59 Å². The zero-order valence-electron chi connectivity index (χ0n) is 17.5. The summed E-state index contributed by atoms with van der Waals surface area (Å²) in [4.78, 5) is 28.0. The molecule has 2 aliphatic heterocycles. The normalized spacial score (nSPS) is 19.4. The van der Waals surface area contributed by atoms with Gasteiger partial charge in [0.25, 0.3) is 11.8 Å². The first-order chi connectivity index (χ1) is 14.9. The number of hydrogen-bond acceptors (Lipinski definition) is 6. The number of likely N-dealkylation sites (tertiary alicyclic amines) is 1. The molecule has 0 radical (unpaired) electrons. The fraction of sp³-hybridized carbons (Fsp3) is 0.591. The van der Waals surface area contributed by atoms with E-state index in [4.69, 9.17) is 0 Å². The van der Waals surface area contributed by atoms with Crippen LogP contribution in [0.3, 0.4) is 0 Å². The molecular weight excluding hydrogens is 403 g/mol. The molecule has 3 N–H and O–H groups in total. The molecule has 2 aliphatic rings. The molecule has 1 aromatic carbocycles. The summed E-state index contributed by atoms with van der Waals surface area (Å²) >= 11 is 0. The van der Waals surface area contributed by atoms with Crippen molar-refractivity contribution in [3.63, 3.8) is 0 Å². The molecule has 0 aliphatic carbocycles. The van der Waals surface area contributed by atoms with Crippen LogP contribution in [0.15, 0.2) is 18.2 Å². The van der Waals surface area contributed by atoms with E-state index in [9.17, 15) is 29.5 Å². The molecule has 2 atom stereocenters. The number of halogens is 1. The lowest BCUT2D eigenvalue weighted by molar-refractivity contribution is -0.153. The molecule has 0 spiro atoms. The molecule has 2 amide bonds. The Morgan fingerprint density at radius 2 is 1.81 bits per heavy atom. The third-order valence-corrected chi connectivity index (χ3v) is 6.09. The number of rotatable bonds is 6. The SMILES string of the molecule is N#Cc1cc(F)ccc1N1CCC(CNC(=O)[C@H](O)[C@@H](O)C(=O)N2CCCCC2)CC1. The fourth-order valence-corrected chi connectivity index (χ4v) is 4.18. The van der Waals surface area contributed by atoms with Crippen LogP contribution in [0.2, 0.25) is 0 Å². The van der Waals surface area contributed by atoms with Gasteiger partial charge in [0.1, 0.15) is 11.9 Å². The quantitative estimate of drug-likeness (QED) is 0.611. The number of carbonyl (C=O) groups excluding carboxylic acids is 2. The molecule has 2 saturated heterocycles. The van der Waals surface area contributed by atoms with E-state index in [1.807, 2.05) is 11.0 Å². The Labute approximate surface area is 181 Å². The lowest BCUT2D eigenvalue weighted by Gasteiger charge is -2.34. The highest BCUT2D eigenvalue weighted by Crippen LogP contribution is 2.26. The number of piperidine rings is 2. The summed E-state index contributed by atoms with van der Waals surface area (Å²) in [5, 5.41) is 32.1. The Bertz CT molecular complexity index is 829. The highest BCUT2D eigenvalue weighted by Gasteiger charge is 2.34. The maximum atomic E-state index is 13.3. The van der Waals surface area contributed by atoms with Crippen molar-refractivity contribution in [2.24, 2.45) is 5.92 Å². The molecule has 1 aromatic rings. The molecule has 31 heavy (non-hydrogen) atoms. The van der Waals surface area contributed by atoms with Crippen molar-refractivity contribution in [2.75, 3.05) is 37.6 Å². The van der Waals surface area contributed by atoms with Gasteiger partial charge < -0.3 is 25.3 Å². The molecular formula is C22H29FN4O4. The summed E-state index contributed by atoms with van der Waals surface area (Å²) in [6.45, 7) is 2.69. The van der Waals surface area contributed by atoms with E-state index in [0.717, 1.165) is 32.1 Å². The van der Waals surface area contributed by atoms with Gasteiger partial charge in [-0.15, -0.1) is 0 Å². The molecule has 2 heterocycles. The largest absolute Gasteiger partial charge is 0.380 e. The van der Waals surface area contributed by atoms with Gasteiger partial charge >= 0.3 is 0 Å². The van der Waals surface area contributed by atoms with Crippen LogP contribution in [0.1, 0.15) is 37.7 Å². The van der Waals surface area contributed by atoms with Crippen LogP contribution < -0.4 is 10.2 Å². The number of hydrogen-bond donors (Lipinski definition) is 3. The Hall–Kier alpha value is -2.70. The van der Waals surface area contributed by atoms with Crippen LogP contribution in [0.4, 0.5) is 10.1 Å². The summed E-state index contributed by atoms with van der Waals surface area (Å²) in [5.74, 6) is -1.65. The summed E-state index contributed by atoms with van der Waals surface area (Å²) in [6.07, 6.45) is 0.665. The number of nitrogens with zero attached hydrogens (tertiary/aromatic N) is 3. The summed E-state index contributed by atoms with van der Waals surface area (Å²) < 4.78 is 13.3. The zero-order valence-corrected chi connectivity index (χ0v) is 17.5. The van der Waals surface area contributed by atoms with Crippen molar-refractivity contribution in [1.82, 2.24) is 10.2 Å². The molecule has 0 bridgehead atoms. The van der Waals surface area contributed by atoms with E-state index in [1.54, 1.807) is 6.07 Å². The van der Waals surface area contributed by atoms with Crippen molar-refractivity contribution in [3.8, 4) is 6.07 Å². The van der Waals surface area contributed by atoms with Crippen molar-refractivity contribution in [1.29, 1.82) is 5.26 Å². The second kappa shape index (κ2) is 10.6.